The van der Waals surface area contributed by atoms with Crippen LogP contribution in [0.5, 0.6) is 0 Å². The van der Waals surface area contributed by atoms with Crippen LogP contribution in [0.3, 0.4) is 0 Å². The van der Waals surface area contributed by atoms with Crippen LogP contribution >= 0.6 is 11.3 Å². The van der Waals surface area contributed by atoms with E-state index >= 15 is 0 Å². The summed E-state index contributed by atoms with van der Waals surface area (Å²) in [5, 5.41) is 2.92. The Balaban J connectivity index is 1.29. The fourth-order valence-electron chi connectivity index (χ4n) is 5.84. The summed E-state index contributed by atoms with van der Waals surface area (Å²) in [7, 11) is 0. The van der Waals surface area contributed by atoms with Gasteiger partial charge in [-0.05, 0) is 55.8 Å². The average molecular weight is 454 g/mol. The van der Waals surface area contributed by atoms with Crippen molar-refractivity contribution in [3.05, 3.63) is 46.8 Å². The average Bonchev–Trinajstić information content (AvgIpc) is 3.48. The zero-order valence-electron chi connectivity index (χ0n) is 17.9. The van der Waals surface area contributed by atoms with Gasteiger partial charge >= 0.3 is 6.09 Å². The summed E-state index contributed by atoms with van der Waals surface area (Å²) >= 11 is 1.74. The van der Waals surface area contributed by atoms with Gasteiger partial charge in [0.1, 0.15) is 0 Å². The van der Waals surface area contributed by atoms with Gasteiger partial charge in [-0.15, -0.1) is 11.3 Å². The molecule has 2 unspecified atom stereocenters. The molecule has 168 valence electrons. The van der Waals surface area contributed by atoms with Gasteiger partial charge in [0.05, 0.1) is 25.8 Å². The Kier molecular flexibility index (Phi) is 4.97. The van der Waals surface area contributed by atoms with E-state index in [0.717, 1.165) is 36.4 Å². The SMILES string of the molecule is O=C1NCC2(O1)C1CCN(CC1)C2c1ccc(-c2cccc(C(=O)N3CCOCC3)c2)s1. The molecule has 5 fully saturated rings. The molecule has 8 heteroatoms. The first-order valence-electron chi connectivity index (χ1n) is 11.4. The topological polar surface area (TPSA) is 71.1 Å². The third-order valence-electron chi connectivity index (χ3n) is 7.43. The Morgan fingerprint density at radius 2 is 1.91 bits per heavy atom. The molecule has 2 atom stereocenters. The van der Waals surface area contributed by atoms with Crippen molar-refractivity contribution in [1.82, 2.24) is 15.1 Å². The Hall–Kier alpha value is -2.42. The molecule has 1 spiro atoms. The lowest BCUT2D eigenvalue weighted by atomic mass is 9.69. The zero-order valence-corrected chi connectivity index (χ0v) is 18.7. The molecule has 5 saturated heterocycles. The highest BCUT2D eigenvalue weighted by molar-refractivity contribution is 7.15. The maximum atomic E-state index is 12.9. The van der Waals surface area contributed by atoms with Crippen molar-refractivity contribution < 1.29 is 19.1 Å². The van der Waals surface area contributed by atoms with Crippen molar-refractivity contribution in [2.45, 2.75) is 24.5 Å². The highest BCUT2D eigenvalue weighted by atomic mass is 32.1. The van der Waals surface area contributed by atoms with E-state index in [9.17, 15) is 9.59 Å². The Bertz CT molecular complexity index is 1040. The number of alkyl carbamates (subject to hydrolysis) is 1. The van der Waals surface area contributed by atoms with Gasteiger partial charge in [0.2, 0.25) is 0 Å². The summed E-state index contributed by atoms with van der Waals surface area (Å²) in [6, 6.07) is 12.3. The second-order valence-electron chi connectivity index (χ2n) is 9.10. The van der Waals surface area contributed by atoms with Crippen molar-refractivity contribution in [1.29, 1.82) is 0 Å². The molecule has 7 rings (SSSR count). The number of piperidine rings is 3. The van der Waals surface area contributed by atoms with Gasteiger partial charge in [-0.1, -0.05) is 12.1 Å². The van der Waals surface area contributed by atoms with Gasteiger partial charge in [0.25, 0.3) is 5.91 Å². The van der Waals surface area contributed by atoms with Crippen LogP contribution in [0.1, 0.15) is 34.1 Å². The monoisotopic (exact) mass is 453 g/mol. The van der Waals surface area contributed by atoms with Gasteiger partial charge in [-0.3, -0.25) is 9.69 Å². The predicted octanol–water partition coefficient (Wildman–Crippen LogP) is 3.13. The van der Waals surface area contributed by atoms with Crippen LogP contribution in [0.2, 0.25) is 0 Å². The standard InChI is InChI=1S/C24H27N3O4S/c28-22(27-10-12-30-13-11-27)17-3-1-2-16(14-17)19-4-5-20(32-19)21-24(15-25-23(29)31-24)18-6-8-26(21)9-7-18/h1-5,14,18,21H,6-13,15H2,(H,25,29). The highest BCUT2D eigenvalue weighted by Gasteiger charge is 2.60. The molecule has 32 heavy (non-hydrogen) atoms. The van der Waals surface area contributed by atoms with Gasteiger partial charge in [0, 0.05) is 34.3 Å². The molecule has 2 amide bonds. The summed E-state index contributed by atoms with van der Waals surface area (Å²) < 4.78 is 11.4. The molecule has 5 aliphatic heterocycles. The molecule has 0 radical (unpaired) electrons. The number of ether oxygens (including phenoxy) is 2. The molecule has 2 bridgehead atoms. The second kappa shape index (κ2) is 7.86. The fraction of sp³-hybridized carbons (Fsp3) is 0.500. The third kappa shape index (κ3) is 3.24. The number of hydrogen-bond donors (Lipinski definition) is 1. The zero-order chi connectivity index (χ0) is 21.7. The number of nitrogens with zero attached hydrogens (tertiary/aromatic N) is 2. The maximum absolute atomic E-state index is 12.9. The summed E-state index contributed by atoms with van der Waals surface area (Å²) in [5.41, 5.74) is 1.29. The molecule has 5 aliphatic rings. The van der Waals surface area contributed by atoms with Crippen LogP contribution in [-0.2, 0) is 9.47 Å². The molecule has 1 aromatic carbocycles. The molecule has 6 heterocycles. The Morgan fingerprint density at radius 1 is 1.09 bits per heavy atom. The molecule has 1 N–H and O–H groups in total. The van der Waals surface area contributed by atoms with Crippen molar-refractivity contribution >= 4 is 23.3 Å². The van der Waals surface area contributed by atoms with E-state index in [1.165, 1.54) is 4.88 Å². The first-order valence-corrected chi connectivity index (χ1v) is 12.2. The third-order valence-corrected chi connectivity index (χ3v) is 8.62. The van der Waals surface area contributed by atoms with E-state index in [0.29, 0.717) is 44.3 Å². The van der Waals surface area contributed by atoms with E-state index < -0.39 is 5.60 Å². The predicted molar refractivity (Wildman–Crippen MR) is 121 cm³/mol. The number of benzene rings is 1. The molecular weight excluding hydrogens is 426 g/mol. The van der Waals surface area contributed by atoms with Crippen molar-refractivity contribution in [3.63, 3.8) is 0 Å². The van der Waals surface area contributed by atoms with Crippen LogP contribution in [0.15, 0.2) is 36.4 Å². The lowest BCUT2D eigenvalue weighted by Crippen LogP contribution is -2.62. The Morgan fingerprint density at radius 3 is 2.66 bits per heavy atom. The van der Waals surface area contributed by atoms with E-state index in [2.05, 4.69) is 28.4 Å². The minimum absolute atomic E-state index is 0.0607. The molecule has 2 aromatic rings. The smallest absolute Gasteiger partial charge is 0.407 e. The van der Waals surface area contributed by atoms with Crippen LogP contribution in [0.25, 0.3) is 10.4 Å². The summed E-state index contributed by atoms with van der Waals surface area (Å²) in [6.45, 7) is 5.14. The molecule has 0 saturated carbocycles. The van der Waals surface area contributed by atoms with E-state index in [-0.39, 0.29) is 18.0 Å². The van der Waals surface area contributed by atoms with Crippen LogP contribution in [0, 0.1) is 5.92 Å². The highest BCUT2D eigenvalue weighted by Crippen LogP contribution is 2.53. The summed E-state index contributed by atoms with van der Waals surface area (Å²) in [6.07, 6.45) is 1.86. The maximum Gasteiger partial charge on any atom is 0.407 e. The van der Waals surface area contributed by atoms with Crippen molar-refractivity contribution in [3.8, 4) is 10.4 Å². The van der Waals surface area contributed by atoms with Gasteiger partial charge in [-0.25, -0.2) is 4.79 Å². The van der Waals surface area contributed by atoms with Crippen molar-refractivity contribution in [2.24, 2.45) is 5.92 Å². The number of morpholine rings is 1. The lowest BCUT2D eigenvalue weighted by molar-refractivity contribution is -0.134. The Labute approximate surface area is 191 Å². The second-order valence-corrected chi connectivity index (χ2v) is 10.2. The van der Waals surface area contributed by atoms with E-state index in [1.54, 1.807) is 11.3 Å². The fourth-order valence-corrected chi connectivity index (χ4v) is 7.08. The lowest BCUT2D eigenvalue weighted by Gasteiger charge is -2.55. The van der Waals surface area contributed by atoms with E-state index in [1.807, 2.05) is 23.1 Å². The van der Waals surface area contributed by atoms with Crippen LogP contribution < -0.4 is 5.32 Å². The first-order chi connectivity index (χ1) is 15.6. The number of carbonyl (C=O) groups excluding carboxylic acids is 2. The van der Waals surface area contributed by atoms with E-state index in [4.69, 9.17) is 9.47 Å². The van der Waals surface area contributed by atoms with Crippen molar-refractivity contribution in [2.75, 3.05) is 45.9 Å². The minimum atomic E-state index is -0.468. The van der Waals surface area contributed by atoms with Crippen LogP contribution in [0.4, 0.5) is 4.79 Å². The summed E-state index contributed by atoms with van der Waals surface area (Å²) in [4.78, 5) is 31.7. The number of amides is 2. The van der Waals surface area contributed by atoms with Gasteiger partial charge in [0.15, 0.2) is 5.60 Å². The molecule has 0 aliphatic carbocycles. The number of hydrogen-bond acceptors (Lipinski definition) is 6. The van der Waals surface area contributed by atoms with Crippen LogP contribution in [-0.4, -0.2) is 73.3 Å². The molecule has 7 nitrogen and oxygen atoms in total. The quantitative estimate of drug-likeness (QED) is 0.773. The number of fused-ring (bicyclic) bond motifs is 2. The molecule has 1 aromatic heterocycles. The first kappa shape index (κ1) is 20.2. The largest absolute Gasteiger partial charge is 0.439 e. The normalized spacial score (nSPS) is 31.6. The number of nitrogens with one attached hydrogen (secondary N) is 1. The number of carbonyl (C=O) groups is 2. The van der Waals surface area contributed by atoms with Gasteiger partial charge < -0.3 is 19.7 Å². The number of thiophene rings is 1. The number of rotatable bonds is 3. The minimum Gasteiger partial charge on any atom is -0.439 e. The summed E-state index contributed by atoms with van der Waals surface area (Å²) in [5.74, 6) is 0.460. The van der Waals surface area contributed by atoms with Gasteiger partial charge in [-0.2, -0.15) is 0 Å². The molecular formula is C24H27N3O4S.